The molecule has 0 fully saturated rings. The average molecular weight is 333 g/mol. The molecule has 0 radical (unpaired) electrons. The molecule has 0 aliphatic rings. The molecule has 2 aromatic rings. The third-order valence-corrected chi connectivity index (χ3v) is 3.18. The van der Waals surface area contributed by atoms with Crippen molar-refractivity contribution in [3.8, 4) is 0 Å². The summed E-state index contributed by atoms with van der Waals surface area (Å²) in [6.45, 7) is 0.0428. The van der Waals surface area contributed by atoms with E-state index in [-0.39, 0.29) is 52.2 Å². The Morgan fingerprint density at radius 3 is 2.10 bits per heavy atom. The predicted molar refractivity (Wildman–Crippen MR) is 84.1 cm³/mol. The summed E-state index contributed by atoms with van der Waals surface area (Å²) in [5.74, 6) is 0.0942. The molecule has 1 heterocycles. The van der Waals surface area contributed by atoms with E-state index in [2.05, 4.69) is 0 Å². The van der Waals surface area contributed by atoms with E-state index in [0.29, 0.717) is 0 Å². The van der Waals surface area contributed by atoms with Gasteiger partial charge in [0.25, 0.3) is 0 Å². The number of nitrogens with two attached hydrogens (primary N) is 1. The van der Waals surface area contributed by atoms with Crippen LogP contribution in [0, 0.1) is 5.41 Å². The fraction of sp³-hybridized carbons (Fsp3) is 0.100. The van der Waals surface area contributed by atoms with E-state index in [1.165, 1.54) is 11.3 Å². The van der Waals surface area contributed by atoms with Crippen LogP contribution in [0.25, 0.3) is 10.1 Å². The fourth-order valence-electron chi connectivity index (χ4n) is 1.32. The third kappa shape index (κ3) is 6.23. The zero-order valence-corrected chi connectivity index (χ0v) is 12.0. The number of hydrogen-bond donors (Lipinski definition) is 3. The summed E-state index contributed by atoms with van der Waals surface area (Å²) < 4.78 is 1.09. The quantitative estimate of drug-likeness (QED) is 0.417. The third-order valence-electron chi connectivity index (χ3n) is 2.03. The first-order valence-corrected chi connectivity index (χ1v) is 5.00. The second kappa shape index (κ2) is 12.7. The standard InChI is InChI=1S/C10H10N2OS.ClH.5H2O/c11-10(12)9-4-7-3-6(5-13)1-2-8(7)14-9;;;;;;/h1-4,13H,5H2,(H3,11,12);1H;5*1H2. The summed E-state index contributed by atoms with van der Waals surface area (Å²) in [4.78, 5) is 0.773. The smallest absolute Gasteiger partial charge is 0.133 e. The predicted octanol–water partition coefficient (Wildman–Crippen LogP) is -2.02. The largest absolute Gasteiger partial charge is 0.412 e. The number of aliphatic hydroxyl groups is 1. The molecule has 0 aliphatic heterocycles. The van der Waals surface area contributed by atoms with Gasteiger partial charge in [0.15, 0.2) is 0 Å². The monoisotopic (exact) mass is 332 g/mol. The normalized spacial score (nSPS) is 7.45. The van der Waals surface area contributed by atoms with Crippen molar-refractivity contribution in [1.29, 1.82) is 5.41 Å². The zero-order chi connectivity index (χ0) is 10.1. The molecule has 0 bridgehead atoms. The lowest BCUT2D eigenvalue weighted by Gasteiger charge is -1.94. The van der Waals surface area contributed by atoms with Gasteiger partial charge in [-0.2, -0.15) is 0 Å². The van der Waals surface area contributed by atoms with Crippen LogP contribution in [0.3, 0.4) is 0 Å². The van der Waals surface area contributed by atoms with Crippen molar-refractivity contribution in [3.63, 3.8) is 0 Å². The van der Waals surface area contributed by atoms with Gasteiger partial charge in [0.05, 0.1) is 11.5 Å². The summed E-state index contributed by atoms with van der Waals surface area (Å²) in [5, 5.41) is 17.3. The Morgan fingerprint density at radius 1 is 1.10 bits per heavy atom. The van der Waals surface area contributed by atoms with Crippen LogP contribution in [0.1, 0.15) is 10.4 Å². The summed E-state index contributed by atoms with van der Waals surface area (Å²) in [7, 11) is 0. The molecule has 1 aromatic heterocycles. The van der Waals surface area contributed by atoms with Crippen molar-refractivity contribution in [3.05, 3.63) is 34.7 Å². The number of benzene rings is 1. The van der Waals surface area contributed by atoms with Gasteiger partial charge in [-0.05, 0) is 29.1 Å². The molecule has 10 heteroatoms. The van der Waals surface area contributed by atoms with E-state index >= 15 is 0 Å². The highest BCUT2D eigenvalue weighted by Crippen LogP contribution is 2.26. The number of halogens is 1. The highest BCUT2D eigenvalue weighted by Gasteiger charge is 2.04. The van der Waals surface area contributed by atoms with Gasteiger partial charge in [-0.1, -0.05) is 6.07 Å². The molecular weight excluding hydrogens is 312 g/mol. The van der Waals surface area contributed by atoms with Crippen LogP contribution in [-0.2, 0) is 6.61 Å². The summed E-state index contributed by atoms with van der Waals surface area (Å²) in [5.41, 5.74) is 6.27. The minimum Gasteiger partial charge on any atom is -0.412 e. The van der Waals surface area contributed by atoms with Crippen molar-refractivity contribution < 1.29 is 32.5 Å². The molecule has 0 atom stereocenters. The van der Waals surface area contributed by atoms with Gasteiger partial charge in [-0.3, -0.25) is 5.41 Å². The highest BCUT2D eigenvalue weighted by molar-refractivity contribution is 7.20. The number of thiophene rings is 1. The molecule has 0 saturated carbocycles. The highest BCUT2D eigenvalue weighted by atomic mass is 35.5. The first-order chi connectivity index (χ1) is 6.70. The molecule has 0 aliphatic carbocycles. The zero-order valence-electron chi connectivity index (χ0n) is 10.4. The van der Waals surface area contributed by atoms with E-state index in [1.54, 1.807) is 0 Å². The summed E-state index contributed by atoms with van der Waals surface area (Å²) in [6, 6.07) is 7.61. The van der Waals surface area contributed by atoms with Gasteiger partial charge in [0, 0.05) is 4.70 Å². The second-order valence-corrected chi connectivity index (χ2v) is 4.14. The summed E-state index contributed by atoms with van der Waals surface area (Å²) >= 11 is 1.49. The van der Waals surface area contributed by atoms with E-state index in [9.17, 15) is 0 Å². The molecule has 20 heavy (non-hydrogen) atoms. The van der Waals surface area contributed by atoms with Crippen molar-refractivity contribution in [2.24, 2.45) is 5.73 Å². The van der Waals surface area contributed by atoms with Gasteiger partial charge in [0.2, 0.25) is 0 Å². The van der Waals surface area contributed by atoms with Gasteiger partial charge in [-0.25, -0.2) is 0 Å². The topological polar surface area (TPSA) is 228 Å². The lowest BCUT2D eigenvalue weighted by molar-refractivity contribution is 0.282. The van der Waals surface area contributed by atoms with Crippen LogP contribution in [0.5, 0.6) is 0 Å². The molecule has 8 nitrogen and oxygen atoms in total. The minimum atomic E-state index is 0. The second-order valence-electron chi connectivity index (χ2n) is 3.05. The first kappa shape index (κ1) is 31.2. The van der Waals surface area contributed by atoms with Crippen LogP contribution < -0.4 is 5.73 Å². The molecule has 2 rings (SSSR count). The first-order valence-electron chi connectivity index (χ1n) is 4.18. The Bertz CT molecular complexity index is 507. The van der Waals surface area contributed by atoms with E-state index in [4.69, 9.17) is 16.2 Å². The number of nitrogen functional groups attached to an aromatic ring is 1. The van der Waals surface area contributed by atoms with Gasteiger partial charge < -0.3 is 38.2 Å². The van der Waals surface area contributed by atoms with Crippen LogP contribution in [0.2, 0.25) is 0 Å². The average Bonchev–Trinajstić information content (AvgIpc) is 2.59. The van der Waals surface area contributed by atoms with Crippen molar-refractivity contribution in [2.45, 2.75) is 6.61 Å². The van der Waals surface area contributed by atoms with Gasteiger partial charge >= 0.3 is 0 Å². The number of hydrogen-bond acceptors (Lipinski definition) is 3. The lowest BCUT2D eigenvalue weighted by atomic mass is 10.2. The maximum absolute atomic E-state index is 8.95. The van der Waals surface area contributed by atoms with Crippen molar-refractivity contribution in [1.82, 2.24) is 0 Å². The van der Waals surface area contributed by atoms with E-state index in [0.717, 1.165) is 20.5 Å². The number of rotatable bonds is 2. The van der Waals surface area contributed by atoms with Crippen molar-refractivity contribution in [2.75, 3.05) is 0 Å². The molecule has 120 valence electrons. The molecule has 0 amide bonds. The van der Waals surface area contributed by atoms with Gasteiger partial charge in [0.1, 0.15) is 5.84 Å². The van der Waals surface area contributed by atoms with E-state index in [1.807, 2.05) is 24.3 Å². The Balaban J connectivity index is -0.000000125. The molecular formula is C10H21ClN2O6S. The van der Waals surface area contributed by atoms with Crippen LogP contribution in [0.15, 0.2) is 24.3 Å². The minimum absolute atomic E-state index is 0. The van der Waals surface area contributed by atoms with Crippen LogP contribution in [0.4, 0.5) is 0 Å². The molecule has 14 N–H and O–H groups in total. The Morgan fingerprint density at radius 2 is 1.65 bits per heavy atom. The number of nitrogens with one attached hydrogen (secondary N) is 1. The van der Waals surface area contributed by atoms with E-state index < -0.39 is 0 Å². The van der Waals surface area contributed by atoms with Crippen LogP contribution in [-0.4, -0.2) is 38.3 Å². The number of aliphatic hydroxyl groups excluding tert-OH is 1. The summed E-state index contributed by atoms with van der Waals surface area (Å²) in [6.07, 6.45) is 0. The SMILES string of the molecule is Cl.N=C(N)c1cc2cc(CO)ccc2s1.O.O.O.O.O. The lowest BCUT2D eigenvalue weighted by Crippen LogP contribution is -2.08. The maximum atomic E-state index is 8.95. The maximum Gasteiger partial charge on any atom is 0.133 e. The van der Waals surface area contributed by atoms with Gasteiger partial charge in [-0.15, -0.1) is 23.7 Å². The fourth-order valence-corrected chi connectivity index (χ4v) is 2.23. The number of fused-ring (bicyclic) bond motifs is 1. The molecule has 1 aromatic carbocycles. The Kier molecular flexibility index (Phi) is 19.9. The molecule has 0 saturated heterocycles. The Labute approximate surface area is 125 Å². The van der Waals surface area contributed by atoms with Crippen LogP contribution >= 0.6 is 23.7 Å². The molecule has 0 unspecified atom stereocenters. The van der Waals surface area contributed by atoms with Crippen molar-refractivity contribution >= 4 is 39.7 Å². The number of amidine groups is 1. The molecule has 0 spiro atoms. The Hall–Kier alpha value is -1.30.